The van der Waals surface area contributed by atoms with Crippen molar-refractivity contribution in [2.45, 2.75) is 38.8 Å². The summed E-state index contributed by atoms with van der Waals surface area (Å²) in [4.78, 5) is 11.5. The summed E-state index contributed by atoms with van der Waals surface area (Å²) in [5.41, 5.74) is 0.516. The van der Waals surface area contributed by atoms with Crippen molar-refractivity contribution in [1.29, 1.82) is 0 Å². The molecule has 0 saturated heterocycles. The Labute approximate surface area is 100 Å². The van der Waals surface area contributed by atoms with E-state index in [4.69, 9.17) is 0 Å². The minimum Gasteiger partial charge on any atom is -0.387 e. The lowest BCUT2D eigenvalue weighted by molar-refractivity contribution is -0.121. The van der Waals surface area contributed by atoms with Gasteiger partial charge in [-0.2, -0.15) is 0 Å². The lowest BCUT2D eigenvalue weighted by Crippen LogP contribution is -2.29. The molecule has 2 rings (SSSR count). The maximum Gasteiger partial charge on any atom is 0.241 e. The third kappa shape index (κ3) is 3.52. The second-order valence-corrected chi connectivity index (χ2v) is 4.51. The van der Waals surface area contributed by atoms with Gasteiger partial charge in [0.15, 0.2) is 0 Å². The second kappa shape index (κ2) is 5.27. The number of hydrogen-bond donors (Lipinski definition) is 2. The molecular formula is C11H18N4O2. The SMILES string of the molecule is CCC(O)c1cn(CC(=O)NCC2CC2)nn1. The summed E-state index contributed by atoms with van der Waals surface area (Å²) < 4.78 is 1.45. The average Bonchev–Trinajstić information content (AvgIpc) is 3.05. The van der Waals surface area contributed by atoms with Gasteiger partial charge in [0, 0.05) is 6.54 Å². The molecule has 1 fully saturated rings. The molecule has 1 aliphatic rings. The van der Waals surface area contributed by atoms with Gasteiger partial charge in [-0.15, -0.1) is 5.10 Å². The summed E-state index contributed by atoms with van der Waals surface area (Å²) in [6.45, 7) is 2.79. The number of carbonyl (C=O) groups is 1. The first kappa shape index (κ1) is 12.0. The molecule has 6 heteroatoms. The van der Waals surface area contributed by atoms with Crippen LogP contribution in [0.2, 0.25) is 0 Å². The maximum absolute atomic E-state index is 11.5. The van der Waals surface area contributed by atoms with Gasteiger partial charge in [-0.1, -0.05) is 12.1 Å². The number of aliphatic hydroxyl groups excluding tert-OH is 1. The summed E-state index contributed by atoms with van der Waals surface area (Å²) in [5.74, 6) is 0.617. The summed E-state index contributed by atoms with van der Waals surface area (Å²) in [6.07, 6.45) is 4.04. The molecule has 1 atom stereocenters. The smallest absolute Gasteiger partial charge is 0.241 e. The zero-order chi connectivity index (χ0) is 12.3. The van der Waals surface area contributed by atoms with Crippen LogP contribution in [0, 0.1) is 5.92 Å². The number of hydrogen-bond acceptors (Lipinski definition) is 4. The van der Waals surface area contributed by atoms with Gasteiger partial charge in [0.25, 0.3) is 0 Å². The Morgan fingerprint density at radius 2 is 2.47 bits per heavy atom. The number of carbonyl (C=O) groups excluding carboxylic acids is 1. The molecule has 1 aromatic heterocycles. The largest absolute Gasteiger partial charge is 0.387 e. The van der Waals surface area contributed by atoms with Crippen molar-refractivity contribution >= 4 is 5.91 Å². The minimum atomic E-state index is -0.599. The molecule has 17 heavy (non-hydrogen) atoms. The summed E-state index contributed by atoms with van der Waals surface area (Å²) >= 11 is 0. The number of nitrogens with zero attached hydrogens (tertiary/aromatic N) is 3. The van der Waals surface area contributed by atoms with E-state index in [0.29, 0.717) is 18.0 Å². The molecule has 0 aliphatic heterocycles. The van der Waals surface area contributed by atoms with E-state index in [0.717, 1.165) is 6.54 Å². The molecule has 1 heterocycles. The molecule has 1 amide bonds. The Morgan fingerprint density at radius 1 is 1.71 bits per heavy atom. The molecule has 1 saturated carbocycles. The Morgan fingerprint density at radius 3 is 3.12 bits per heavy atom. The normalized spacial score (nSPS) is 16.8. The van der Waals surface area contributed by atoms with E-state index in [1.807, 2.05) is 6.92 Å². The average molecular weight is 238 g/mol. The monoisotopic (exact) mass is 238 g/mol. The lowest BCUT2D eigenvalue weighted by Gasteiger charge is -2.03. The highest BCUT2D eigenvalue weighted by atomic mass is 16.3. The van der Waals surface area contributed by atoms with Crippen molar-refractivity contribution in [2.24, 2.45) is 5.92 Å². The highest BCUT2D eigenvalue weighted by Gasteiger charge is 2.21. The highest BCUT2D eigenvalue weighted by molar-refractivity contribution is 5.75. The zero-order valence-electron chi connectivity index (χ0n) is 9.96. The molecule has 1 unspecified atom stereocenters. The Hall–Kier alpha value is -1.43. The van der Waals surface area contributed by atoms with Crippen LogP contribution in [0.1, 0.15) is 38.0 Å². The van der Waals surface area contributed by atoms with Crippen molar-refractivity contribution in [1.82, 2.24) is 20.3 Å². The standard InChI is InChI=1S/C11H18N4O2/c1-2-10(16)9-6-15(14-13-9)7-11(17)12-5-8-3-4-8/h6,8,10,16H,2-5,7H2,1H3,(H,12,17). The van der Waals surface area contributed by atoms with E-state index in [2.05, 4.69) is 15.6 Å². The highest BCUT2D eigenvalue weighted by Crippen LogP contribution is 2.27. The van der Waals surface area contributed by atoms with Crippen LogP contribution in [0.4, 0.5) is 0 Å². The fourth-order valence-corrected chi connectivity index (χ4v) is 1.54. The van der Waals surface area contributed by atoms with E-state index >= 15 is 0 Å². The first-order chi connectivity index (χ1) is 8.19. The van der Waals surface area contributed by atoms with Crippen molar-refractivity contribution in [3.63, 3.8) is 0 Å². The molecule has 0 bridgehead atoms. The molecule has 6 nitrogen and oxygen atoms in total. The Kier molecular flexibility index (Phi) is 3.73. The van der Waals surface area contributed by atoms with Crippen LogP contribution in [0.15, 0.2) is 6.20 Å². The number of aliphatic hydroxyl groups is 1. The van der Waals surface area contributed by atoms with E-state index < -0.39 is 6.10 Å². The summed E-state index contributed by atoms with van der Waals surface area (Å²) in [6, 6.07) is 0. The lowest BCUT2D eigenvalue weighted by atomic mass is 10.2. The van der Waals surface area contributed by atoms with Gasteiger partial charge < -0.3 is 10.4 Å². The van der Waals surface area contributed by atoms with Crippen molar-refractivity contribution in [2.75, 3.05) is 6.54 Å². The fourth-order valence-electron chi connectivity index (χ4n) is 1.54. The van der Waals surface area contributed by atoms with E-state index in [1.165, 1.54) is 17.5 Å². The zero-order valence-corrected chi connectivity index (χ0v) is 9.96. The van der Waals surface area contributed by atoms with Gasteiger partial charge in [0.2, 0.25) is 5.91 Å². The predicted molar refractivity (Wildman–Crippen MR) is 61.0 cm³/mol. The number of rotatable bonds is 6. The van der Waals surface area contributed by atoms with Crippen molar-refractivity contribution < 1.29 is 9.90 Å². The second-order valence-electron chi connectivity index (χ2n) is 4.51. The van der Waals surface area contributed by atoms with Gasteiger partial charge in [-0.05, 0) is 25.2 Å². The van der Waals surface area contributed by atoms with Gasteiger partial charge in [0.05, 0.1) is 12.3 Å². The molecule has 0 aromatic carbocycles. The van der Waals surface area contributed by atoms with Crippen LogP contribution in [-0.4, -0.2) is 32.6 Å². The minimum absolute atomic E-state index is 0.0562. The fraction of sp³-hybridized carbons (Fsp3) is 0.727. The van der Waals surface area contributed by atoms with E-state index in [1.54, 1.807) is 6.20 Å². The number of nitrogens with one attached hydrogen (secondary N) is 1. The van der Waals surface area contributed by atoms with Gasteiger partial charge in [0.1, 0.15) is 12.2 Å². The molecule has 1 aliphatic carbocycles. The van der Waals surface area contributed by atoms with Crippen molar-refractivity contribution in [3.8, 4) is 0 Å². The van der Waals surface area contributed by atoms with Gasteiger partial charge in [-0.3, -0.25) is 4.79 Å². The quantitative estimate of drug-likeness (QED) is 0.744. The van der Waals surface area contributed by atoms with Crippen LogP contribution >= 0.6 is 0 Å². The third-order valence-corrected chi connectivity index (χ3v) is 2.87. The van der Waals surface area contributed by atoms with Gasteiger partial charge in [-0.25, -0.2) is 4.68 Å². The van der Waals surface area contributed by atoms with Crippen LogP contribution in [0.25, 0.3) is 0 Å². The summed E-state index contributed by atoms with van der Waals surface area (Å²) in [7, 11) is 0. The molecule has 2 N–H and O–H groups in total. The van der Waals surface area contributed by atoms with Crippen LogP contribution in [0.3, 0.4) is 0 Å². The van der Waals surface area contributed by atoms with Crippen LogP contribution in [0.5, 0.6) is 0 Å². The topological polar surface area (TPSA) is 80.0 Å². The molecule has 0 spiro atoms. The van der Waals surface area contributed by atoms with Crippen molar-refractivity contribution in [3.05, 3.63) is 11.9 Å². The molecule has 1 aromatic rings. The van der Waals surface area contributed by atoms with Gasteiger partial charge >= 0.3 is 0 Å². The first-order valence-electron chi connectivity index (χ1n) is 6.03. The number of aromatic nitrogens is 3. The first-order valence-corrected chi connectivity index (χ1v) is 6.03. The third-order valence-electron chi connectivity index (χ3n) is 2.87. The summed E-state index contributed by atoms with van der Waals surface area (Å²) in [5, 5.41) is 20.0. The van der Waals surface area contributed by atoms with Crippen LogP contribution in [-0.2, 0) is 11.3 Å². The maximum atomic E-state index is 11.5. The Bertz CT molecular complexity index is 387. The molecule has 0 radical (unpaired) electrons. The molecule has 94 valence electrons. The van der Waals surface area contributed by atoms with E-state index in [9.17, 15) is 9.90 Å². The number of amides is 1. The Balaban J connectivity index is 1.80. The van der Waals surface area contributed by atoms with E-state index in [-0.39, 0.29) is 12.5 Å². The van der Waals surface area contributed by atoms with Crippen LogP contribution < -0.4 is 5.32 Å². The molecular weight excluding hydrogens is 220 g/mol. The predicted octanol–water partition coefficient (Wildman–Crippen LogP) is 0.248.